The summed E-state index contributed by atoms with van der Waals surface area (Å²) in [5, 5.41) is 21.4. The third-order valence-corrected chi connectivity index (χ3v) is 3.34. The summed E-state index contributed by atoms with van der Waals surface area (Å²) in [6, 6.07) is 6.54. The summed E-state index contributed by atoms with van der Waals surface area (Å²) in [6.07, 6.45) is 5.92. The lowest BCUT2D eigenvalue weighted by atomic mass is 10.1. The number of benzene rings is 1. The fourth-order valence-electron chi connectivity index (χ4n) is 2.17. The van der Waals surface area contributed by atoms with Gasteiger partial charge in [0.05, 0.1) is 12.1 Å². The van der Waals surface area contributed by atoms with Gasteiger partial charge in [-0.25, -0.2) is 4.98 Å². The van der Waals surface area contributed by atoms with E-state index in [0.717, 1.165) is 12.8 Å². The Morgan fingerprint density at radius 3 is 2.80 bits per heavy atom. The van der Waals surface area contributed by atoms with Gasteiger partial charge in [0.2, 0.25) is 0 Å². The molecule has 2 rings (SSSR count). The molecule has 0 atom stereocenters. The average molecular weight is 344 g/mol. The summed E-state index contributed by atoms with van der Waals surface area (Å²) in [5.74, 6) is -1.60. The van der Waals surface area contributed by atoms with E-state index in [1.165, 1.54) is 6.07 Å². The quantitative estimate of drug-likeness (QED) is 0.501. The number of nitrogens with one attached hydrogen (secondary N) is 1. The SMILES string of the molecule is CC/C=C\CCOc1ccc2nc(C(=O)NCC(=O)O)c(O)cc2c1. The van der Waals surface area contributed by atoms with E-state index < -0.39 is 18.4 Å². The van der Waals surface area contributed by atoms with Crippen LogP contribution in [0.25, 0.3) is 10.9 Å². The van der Waals surface area contributed by atoms with Gasteiger partial charge in [0.25, 0.3) is 5.91 Å². The first-order valence-corrected chi connectivity index (χ1v) is 7.92. The van der Waals surface area contributed by atoms with Crippen molar-refractivity contribution in [1.82, 2.24) is 10.3 Å². The van der Waals surface area contributed by atoms with Crippen LogP contribution in [0.1, 0.15) is 30.3 Å². The lowest BCUT2D eigenvalue weighted by molar-refractivity contribution is -0.135. The van der Waals surface area contributed by atoms with Crippen molar-refractivity contribution in [3.63, 3.8) is 0 Å². The maximum atomic E-state index is 11.9. The molecule has 7 heteroatoms. The molecule has 3 N–H and O–H groups in total. The molecule has 0 bridgehead atoms. The monoisotopic (exact) mass is 344 g/mol. The van der Waals surface area contributed by atoms with E-state index in [0.29, 0.717) is 23.3 Å². The fraction of sp³-hybridized carbons (Fsp3) is 0.278. The topological polar surface area (TPSA) is 109 Å². The normalized spacial score (nSPS) is 10.9. The molecule has 0 saturated heterocycles. The van der Waals surface area contributed by atoms with E-state index in [4.69, 9.17) is 9.84 Å². The molecule has 1 heterocycles. The highest BCUT2D eigenvalue weighted by atomic mass is 16.5. The highest BCUT2D eigenvalue weighted by Crippen LogP contribution is 2.25. The molecule has 7 nitrogen and oxygen atoms in total. The molecule has 1 amide bonds. The number of hydrogen-bond donors (Lipinski definition) is 3. The van der Waals surface area contributed by atoms with Gasteiger partial charge in [-0.05, 0) is 37.1 Å². The van der Waals surface area contributed by atoms with Crippen LogP contribution in [0.3, 0.4) is 0 Å². The highest BCUT2D eigenvalue weighted by molar-refractivity contribution is 5.99. The van der Waals surface area contributed by atoms with Crippen LogP contribution in [0, 0.1) is 0 Å². The van der Waals surface area contributed by atoms with E-state index >= 15 is 0 Å². The van der Waals surface area contributed by atoms with Gasteiger partial charge in [-0.3, -0.25) is 9.59 Å². The Kier molecular flexibility index (Phi) is 6.33. The van der Waals surface area contributed by atoms with Crippen LogP contribution >= 0.6 is 0 Å². The summed E-state index contributed by atoms with van der Waals surface area (Å²) in [4.78, 5) is 26.5. The Bertz CT molecular complexity index is 801. The van der Waals surface area contributed by atoms with Crippen LogP contribution in [0.2, 0.25) is 0 Å². The second-order valence-corrected chi connectivity index (χ2v) is 5.30. The fourth-order valence-corrected chi connectivity index (χ4v) is 2.17. The van der Waals surface area contributed by atoms with Crippen LogP contribution in [-0.2, 0) is 4.79 Å². The number of carboxylic acids is 1. The van der Waals surface area contributed by atoms with E-state index in [9.17, 15) is 14.7 Å². The molecule has 132 valence electrons. The molecule has 0 aliphatic rings. The highest BCUT2D eigenvalue weighted by Gasteiger charge is 2.15. The molecule has 0 aliphatic heterocycles. The van der Waals surface area contributed by atoms with Gasteiger partial charge in [-0.2, -0.15) is 0 Å². The van der Waals surface area contributed by atoms with E-state index in [2.05, 4.69) is 29.4 Å². The summed E-state index contributed by atoms with van der Waals surface area (Å²) >= 11 is 0. The number of ether oxygens (including phenoxy) is 1. The molecule has 2 aromatic rings. The van der Waals surface area contributed by atoms with Gasteiger partial charge in [-0.1, -0.05) is 19.1 Å². The molecule has 25 heavy (non-hydrogen) atoms. The van der Waals surface area contributed by atoms with Crippen molar-refractivity contribution in [1.29, 1.82) is 0 Å². The number of hydrogen-bond acceptors (Lipinski definition) is 5. The van der Waals surface area contributed by atoms with Crippen molar-refractivity contribution in [2.24, 2.45) is 0 Å². The van der Waals surface area contributed by atoms with Crippen molar-refractivity contribution in [2.45, 2.75) is 19.8 Å². The number of aliphatic carboxylic acids is 1. The molecular weight excluding hydrogens is 324 g/mol. The van der Waals surface area contributed by atoms with Gasteiger partial charge in [-0.15, -0.1) is 0 Å². The lowest BCUT2D eigenvalue weighted by Crippen LogP contribution is -2.29. The van der Waals surface area contributed by atoms with Gasteiger partial charge in [0.1, 0.15) is 18.0 Å². The molecule has 0 saturated carbocycles. The van der Waals surface area contributed by atoms with Crippen molar-refractivity contribution >= 4 is 22.8 Å². The number of carboxylic acid groups (broad SMARTS) is 1. The molecule has 0 spiro atoms. The molecule has 0 radical (unpaired) electrons. The van der Waals surface area contributed by atoms with Crippen molar-refractivity contribution in [3.8, 4) is 11.5 Å². The maximum absolute atomic E-state index is 11.9. The second-order valence-electron chi connectivity index (χ2n) is 5.30. The number of nitrogens with zero attached hydrogens (tertiary/aromatic N) is 1. The Hall–Kier alpha value is -3.09. The van der Waals surface area contributed by atoms with Crippen LogP contribution in [0.4, 0.5) is 0 Å². The van der Waals surface area contributed by atoms with Crippen molar-refractivity contribution in [3.05, 3.63) is 42.1 Å². The van der Waals surface area contributed by atoms with E-state index in [1.54, 1.807) is 18.2 Å². The number of pyridine rings is 1. The van der Waals surface area contributed by atoms with Gasteiger partial charge < -0.3 is 20.3 Å². The molecule has 0 fully saturated rings. The largest absolute Gasteiger partial charge is 0.505 e. The van der Waals surface area contributed by atoms with E-state index in [-0.39, 0.29) is 11.4 Å². The van der Waals surface area contributed by atoms with Crippen LogP contribution in [0.15, 0.2) is 36.4 Å². The number of aromatic nitrogens is 1. The van der Waals surface area contributed by atoms with Crippen molar-refractivity contribution < 1.29 is 24.5 Å². The Morgan fingerprint density at radius 2 is 2.08 bits per heavy atom. The Balaban J connectivity index is 2.13. The zero-order chi connectivity index (χ0) is 18.2. The summed E-state index contributed by atoms with van der Waals surface area (Å²) in [5.41, 5.74) is 0.281. The molecule has 1 aromatic carbocycles. The third kappa shape index (κ3) is 5.20. The molecular formula is C18H20N2O5. The molecule has 0 aliphatic carbocycles. The third-order valence-electron chi connectivity index (χ3n) is 3.34. The zero-order valence-corrected chi connectivity index (χ0v) is 13.9. The average Bonchev–Trinajstić information content (AvgIpc) is 2.58. The minimum atomic E-state index is -1.18. The Labute approximate surface area is 145 Å². The van der Waals surface area contributed by atoms with Crippen molar-refractivity contribution in [2.75, 3.05) is 13.2 Å². The lowest BCUT2D eigenvalue weighted by Gasteiger charge is -2.08. The van der Waals surface area contributed by atoms with Gasteiger partial charge >= 0.3 is 5.97 Å². The molecule has 0 unspecified atom stereocenters. The number of fused-ring (bicyclic) bond motifs is 1. The minimum Gasteiger partial charge on any atom is -0.505 e. The summed E-state index contributed by atoms with van der Waals surface area (Å²) in [7, 11) is 0. The number of aromatic hydroxyl groups is 1. The second kappa shape index (κ2) is 8.68. The molecule has 1 aromatic heterocycles. The summed E-state index contributed by atoms with van der Waals surface area (Å²) < 4.78 is 5.64. The number of amides is 1. The standard InChI is InChI=1S/C18H20N2O5/c1-2-3-4-5-8-25-13-6-7-14-12(9-13)10-15(21)17(20-14)18(24)19-11-16(22)23/h3-4,6-7,9-10,21H,2,5,8,11H2,1H3,(H,19,24)(H,22,23)/b4-3-. The summed E-state index contributed by atoms with van der Waals surface area (Å²) in [6.45, 7) is 2.06. The zero-order valence-electron chi connectivity index (χ0n) is 13.9. The number of rotatable bonds is 8. The van der Waals surface area contributed by atoms with Crippen LogP contribution < -0.4 is 10.1 Å². The number of allylic oxidation sites excluding steroid dienone is 1. The first-order valence-electron chi connectivity index (χ1n) is 7.92. The predicted octanol–water partition coefficient (Wildman–Crippen LogP) is 2.49. The maximum Gasteiger partial charge on any atom is 0.322 e. The van der Waals surface area contributed by atoms with Gasteiger partial charge in [0, 0.05) is 5.39 Å². The smallest absolute Gasteiger partial charge is 0.322 e. The van der Waals surface area contributed by atoms with Crippen LogP contribution in [0.5, 0.6) is 11.5 Å². The predicted molar refractivity (Wildman–Crippen MR) is 92.9 cm³/mol. The first kappa shape index (κ1) is 18.3. The first-order chi connectivity index (χ1) is 12.0. The van der Waals surface area contributed by atoms with Gasteiger partial charge in [0.15, 0.2) is 5.69 Å². The van der Waals surface area contributed by atoms with E-state index in [1.807, 2.05) is 0 Å². The Morgan fingerprint density at radius 1 is 1.28 bits per heavy atom. The number of carbonyl (C=O) groups excluding carboxylic acids is 1. The van der Waals surface area contributed by atoms with Crippen LogP contribution in [-0.4, -0.2) is 40.2 Å². The minimum absolute atomic E-state index is 0.216. The number of carbonyl (C=O) groups is 2.